The van der Waals surface area contributed by atoms with Crippen molar-refractivity contribution >= 4 is 5.91 Å². The minimum atomic E-state index is 0.118. The molecule has 1 heterocycles. The Labute approximate surface area is 128 Å². The molecule has 1 amide bonds. The molecule has 0 N–H and O–H groups in total. The minimum Gasteiger partial charge on any atom is -0.339 e. The summed E-state index contributed by atoms with van der Waals surface area (Å²) in [6.07, 6.45) is 14.8. The highest BCUT2D eigenvalue weighted by molar-refractivity contribution is 5.84. The molecular formula is C19H29NO. The zero-order chi connectivity index (χ0) is 14.0. The van der Waals surface area contributed by atoms with Crippen LogP contribution < -0.4 is 0 Å². The van der Waals surface area contributed by atoms with E-state index >= 15 is 0 Å². The molecule has 2 heteroatoms. The topological polar surface area (TPSA) is 20.3 Å². The summed E-state index contributed by atoms with van der Waals surface area (Å²) < 4.78 is 0. The van der Waals surface area contributed by atoms with Gasteiger partial charge in [0.15, 0.2) is 0 Å². The second-order valence-electron chi connectivity index (χ2n) is 8.95. The van der Waals surface area contributed by atoms with Crippen LogP contribution in [0.5, 0.6) is 0 Å². The van der Waals surface area contributed by atoms with E-state index in [1.807, 2.05) is 0 Å². The number of hydrogen-bond donors (Lipinski definition) is 0. The van der Waals surface area contributed by atoms with E-state index < -0.39 is 0 Å². The van der Waals surface area contributed by atoms with Gasteiger partial charge < -0.3 is 4.90 Å². The van der Waals surface area contributed by atoms with Gasteiger partial charge in [0, 0.05) is 12.6 Å². The molecule has 0 aromatic carbocycles. The van der Waals surface area contributed by atoms with Crippen LogP contribution in [0.4, 0.5) is 0 Å². The zero-order valence-electron chi connectivity index (χ0n) is 13.2. The molecule has 1 aliphatic heterocycles. The first-order valence-electron chi connectivity index (χ1n) is 9.57. The zero-order valence-corrected chi connectivity index (χ0v) is 13.2. The third kappa shape index (κ3) is 1.74. The number of rotatable bonds is 1. The fourth-order valence-corrected chi connectivity index (χ4v) is 7.31. The maximum absolute atomic E-state index is 13.6. The molecule has 6 fully saturated rings. The summed E-state index contributed by atoms with van der Waals surface area (Å²) in [5.41, 5.74) is 0.118. The van der Waals surface area contributed by atoms with E-state index in [-0.39, 0.29) is 5.41 Å². The van der Waals surface area contributed by atoms with Crippen LogP contribution in [-0.4, -0.2) is 23.4 Å². The standard InChI is InChI=1S/C19H29NO/c21-18(19-11-13-8-14(12-19)10-16(19)9-13)20-7-3-5-15-4-1-2-6-17(15)20/h13-17H,1-12H2. The number of nitrogens with zero attached hydrogens (tertiary/aromatic N) is 1. The second-order valence-corrected chi connectivity index (χ2v) is 8.95. The maximum Gasteiger partial charge on any atom is 0.229 e. The van der Waals surface area contributed by atoms with Gasteiger partial charge in [-0.1, -0.05) is 12.8 Å². The van der Waals surface area contributed by atoms with E-state index in [2.05, 4.69) is 4.90 Å². The molecule has 1 saturated heterocycles. The highest BCUT2D eigenvalue weighted by Crippen LogP contribution is 2.66. The average molecular weight is 287 g/mol. The minimum absolute atomic E-state index is 0.118. The molecule has 4 bridgehead atoms. The van der Waals surface area contributed by atoms with Crippen LogP contribution in [0.1, 0.15) is 70.6 Å². The molecule has 4 atom stereocenters. The Balaban J connectivity index is 1.43. The molecule has 0 spiro atoms. The smallest absolute Gasteiger partial charge is 0.229 e. The van der Waals surface area contributed by atoms with Crippen LogP contribution in [0.15, 0.2) is 0 Å². The lowest BCUT2D eigenvalue weighted by atomic mass is 9.72. The van der Waals surface area contributed by atoms with Crippen molar-refractivity contribution in [1.82, 2.24) is 4.90 Å². The Morgan fingerprint density at radius 3 is 2.43 bits per heavy atom. The van der Waals surface area contributed by atoms with Gasteiger partial charge in [-0.2, -0.15) is 0 Å². The van der Waals surface area contributed by atoms with Gasteiger partial charge in [-0.15, -0.1) is 0 Å². The Morgan fingerprint density at radius 1 is 0.905 bits per heavy atom. The summed E-state index contributed by atoms with van der Waals surface area (Å²) in [5.74, 6) is 4.02. The Hall–Kier alpha value is -0.530. The van der Waals surface area contributed by atoms with Crippen molar-refractivity contribution in [2.24, 2.45) is 29.1 Å². The molecule has 2 nitrogen and oxygen atoms in total. The van der Waals surface area contributed by atoms with E-state index in [1.54, 1.807) is 0 Å². The van der Waals surface area contributed by atoms with Crippen LogP contribution in [-0.2, 0) is 4.79 Å². The number of likely N-dealkylation sites (tertiary alicyclic amines) is 1. The lowest BCUT2D eigenvalue weighted by Gasteiger charge is -2.47. The van der Waals surface area contributed by atoms with Gasteiger partial charge in [0.2, 0.25) is 5.91 Å². The van der Waals surface area contributed by atoms with Crippen LogP contribution in [0.25, 0.3) is 0 Å². The number of amides is 1. The fourth-order valence-electron chi connectivity index (χ4n) is 7.31. The predicted molar refractivity (Wildman–Crippen MR) is 82.7 cm³/mol. The van der Waals surface area contributed by atoms with Gasteiger partial charge in [0.1, 0.15) is 0 Å². The van der Waals surface area contributed by atoms with E-state index in [1.165, 1.54) is 70.6 Å². The Kier molecular flexibility index (Phi) is 2.77. The number of hydrogen-bond acceptors (Lipinski definition) is 1. The fraction of sp³-hybridized carbons (Fsp3) is 0.947. The van der Waals surface area contributed by atoms with E-state index in [0.717, 1.165) is 30.2 Å². The van der Waals surface area contributed by atoms with Crippen LogP contribution >= 0.6 is 0 Å². The van der Waals surface area contributed by atoms with Crippen molar-refractivity contribution in [2.45, 2.75) is 76.7 Å². The molecule has 6 aliphatic rings. The number of carbonyl (C=O) groups excluding carboxylic acids is 1. The van der Waals surface area contributed by atoms with Crippen molar-refractivity contribution in [3.8, 4) is 0 Å². The number of fused-ring (bicyclic) bond motifs is 1. The summed E-state index contributed by atoms with van der Waals surface area (Å²) in [6.45, 7) is 1.07. The van der Waals surface area contributed by atoms with Gasteiger partial charge in [-0.25, -0.2) is 0 Å². The third-order valence-electron chi connectivity index (χ3n) is 7.92. The van der Waals surface area contributed by atoms with Gasteiger partial charge in [-0.3, -0.25) is 4.79 Å². The number of carbonyl (C=O) groups is 1. The van der Waals surface area contributed by atoms with Crippen molar-refractivity contribution < 1.29 is 4.79 Å². The van der Waals surface area contributed by atoms with Gasteiger partial charge in [-0.05, 0) is 81.5 Å². The largest absolute Gasteiger partial charge is 0.339 e. The summed E-state index contributed by atoms with van der Waals surface area (Å²) in [4.78, 5) is 16.0. The molecule has 4 unspecified atom stereocenters. The first-order valence-corrected chi connectivity index (χ1v) is 9.57. The SMILES string of the molecule is O=C(N1CCCC2CCCCC21)C12CC3CC(CC1C3)C2. The molecule has 0 radical (unpaired) electrons. The molecule has 6 rings (SSSR count). The number of piperidine rings is 1. The van der Waals surface area contributed by atoms with E-state index in [4.69, 9.17) is 0 Å². The average Bonchev–Trinajstić information content (AvgIpc) is 2.91. The molecule has 0 aromatic heterocycles. The quantitative estimate of drug-likeness (QED) is 0.714. The van der Waals surface area contributed by atoms with E-state index in [0.29, 0.717) is 11.9 Å². The molecule has 0 aromatic rings. The van der Waals surface area contributed by atoms with Gasteiger partial charge >= 0.3 is 0 Å². The molecular weight excluding hydrogens is 258 g/mol. The highest BCUT2D eigenvalue weighted by Gasteiger charge is 2.62. The van der Waals surface area contributed by atoms with Gasteiger partial charge in [0.05, 0.1) is 5.41 Å². The highest BCUT2D eigenvalue weighted by atomic mass is 16.2. The van der Waals surface area contributed by atoms with Crippen LogP contribution in [0.2, 0.25) is 0 Å². The molecule has 116 valence electrons. The predicted octanol–water partition coefficient (Wildman–Crippen LogP) is 3.99. The normalized spacial score (nSPS) is 51.2. The lowest BCUT2D eigenvalue weighted by Crippen LogP contribution is -2.55. The van der Waals surface area contributed by atoms with Crippen molar-refractivity contribution in [3.63, 3.8) is 0 Å². The molecule has 5 aliphatic carbocycles. The van der Waals surface area contributed by atoms with Gasteiger partial charge in [0.25, 0.3) is 0 Å². The molecule has 21 heavy (non-hydrogen) atoms. The monoisotopic (exact) mass is 287 g/mol. The van der Waals surface area contributed by atoms with Crippen LogP contribution in [0.3, 0.4) is 0 Å². The summed E-state index contributed by atoms with van der Waals surface area (Å²) >= 11 is 0. The summed E-state index contributed by atoms with van der Waals surface area (Å²) in [6, 6.07) is 0.618. The van der Waals surface area contributed by atoms with Crippen molar-refractivity contribution in [2.75, 3.05) is 6.54 Å². The Bertz CT molecular complexity index is 442. The maximum atomic E-state index is 13.6. The summed E-state index contributed by atoms with van der Waals surface area (Å²) in [7, 11) is 0. The third-order valence-corrected chi connectivity index (χ3v) is 7.92. The first kappa shape index (κ1) is 13.0. The van der Waals surface area contributed by atoms with Crippen molar-refractivity contribution in [1.29, 1.82) is 0 Å². The molecule has 5 saturated carbocycles. The summed E-state index contributed by atoms with van der Waals surface area (Å²) in [5, 5.41) is 0. The Morgan fingerprint density at radius 2 is 1.62 bits per heavy atom. The van der Waals surface area contributed by atoms with Crippen LogP contribution in [0, 0.1) is 29.1 Å². The second kappa shape index (κ2) is 4.49. The van der Waals surface area contributed by atoms with Crippen molar-refractivity contribution in [3.05, 3.63) is 0 Å². The first-order chi connectivity index (χ1) is 10.3. The lowest BCUT2D eigenvalue weighted by molar-refractivity contribution is -0.150. The van der Waals surface area contributed by atoms with E-state index in [9.17, 15) is 4.79 Å².